The molecule has 6 heteroatoms. The summed E-state index contributed by atoms with van der Waals surface area (Å²) in [6.07, 6.45) is 2.15. The Bertz CT molecular complexity index is 676. The van der Waals surface area contributed by atoms with Gasteiger partial charge in [-0.15, -0.1) is 11.3 Å². The van der Waals surface area contributed by atoms with E-state index in [1.807, 2.05) is 34.5 Å². The topological polar surface area (TPSA) is 51.7 Å². The summed E-state index contributed by atoms with van der Waals surface area (Å²) in [6, 6.07) is 7.41. The van der Waals surface area contributed by atoms with Gasteiger partial charge in [0.15, 0.2) is 0 Å². The van der Waals surface area contributed by atoms with E-state index >= 15 is 0 Å². The second-order valence-corrected chi connectivity index (χ2v) is 7.01. The zero-order valence-corrected chi connectivity index (χ0v) is 14.8. The fourth-order valence-corrected chi connectivity index (χ4v) is 3.35. The highest BCUT2D eigenvalue weighted by atomic mass is 32.1. The van der Waals surface area contributed by atoms with Crippen molar-refractivity contribution < 1.29 is 14.3 Å². The highest BCUT2D eigenvalue weighted by Crippen LogP contribution is 2.21. The molecule has 1 saturated heterocycles. The molecule has 128 valence electrons. The lowest BCUT2D eigenvalue weighted by Crippen LogP contribution is -2.38. The van der Waals surface area contributed by atoms with Crippen LogP contribution in [0.25, 0.3) is 0 Å². The Kier molecular flexibility index (Phi) is 5.35. The standard InChI is InChI=1S/C18H22N2O3S/c1-13-7-9-20(10-8-13)18(21)16-12-24-17(19-16)11-23-15-5-3-14(22-2)4-6-15/h3-6,12-13H,7-11H2,1-2H3. The molecule has 24 heavy (non-hydrogen) atoms. The minimum Gasteiger partial charge on any atom is -0.497 e. The average Bonchev–Trinajstić information content (AvgIpc) is 3.09. The second-order valence-electron chi connectivity index (χ2n) is 6.07. The van der Waals surface area contributed by atoms with Crippen LogP contribution in [0.15, 0.2) is 29.6 Å². The first kappa shape index (κ1) is 16.8. The maximum absolute atomic E-state index is 12.5. The molecule has 1 amide bonds. The number of hydrogen-bond acceptors (Lipinski definition) is 5. The minimum absolute atomic E-state index is 0.0360. The minimum atomic E-state index is 0.0360. The number of ether oxygens (including phenoxy) is 2. The number of benzene rings is 1. The Morgan fingerprint density at radius 2 is 1.92 bits per heavy atom. The summed E-state index contributed by atoms with van der Waals surface area (Å²) >= 11 is 1.46. The van der Waals surface area contributed by atoms with Crippen LogP contribution in [0.1, 0.15) is 35.3 Å². The van der Waals surface area contributed by atoms with Gasteiger partial charge in [-0.2, -0.15) is 0 Å². The molecule has 0 bridgehead atoms. The van der Waals surface area contributed by atoms with Crippen molar-refractivity contribution in [2.45, 2.75) is 26.4 Å². The molecule has 1 aliphatic heterocycles. The molecule has 1 aliphatic rings. The van der Waals surface area contributed by atoms with Crippen molar-refractivity contribution in [3.8, 4) is 11.5 Å². The van der Waals surface area contributed by atoms with Gasteiger partial charge in [0.1, 0.15) is 28.8 Å². The van der Waals surface area contributed by atoms with Crippen LogP contribution in [-0.2, 0) is 6.61 Å². The molecule has 2 heterocycles. The SMILES string of the molecule is COc1ccc(OCc2nc(C(=O)N3CCC(C)CC3)cs2)cc1. The highest BCUT2D eigenvalue weighted by Gasteiger charge is 2.23. The summed E-state index contributed by atoms with van der Waals surface area (Å²) in [4.78, 5) is 18.8. The van der Waals surface area contributed by atoms with Crippen molar-refractivity contribution >= 4 is 17.2 Å². The molecule has 1 aromatic heterocycles. The summed E-state index contributed by atoms with van der Waals surface area (Å²) in [5.74, 6) is 2.29. The third-order valence-corrected chi connectivity index (χ3v) is 5.09. The van der Waals surface area contributed by atoms with Gasteiger partial charge in [0, 0.05) is 18.5 Å². The maximum atomic E-state index is 12.5. The Hall–Kier alpha value is -2.08. The molecule has 0 spiro atoms. The molecule has 1 fully saturated rings. The number of hydrogen-bond donors (Lipinski definition) is 0. The zero-order chi connectivity index (χ0) is 16.9. The number of rotatable bonds is 5. The van der Waals surface area contributed by atoms with E-state index in [0.717, 1.165) is 42.4 Å². The molecule has 0 N–H and O–H groups in total. The van der Waals surface area contributed by atoms with Crippen LogP contribution in [0.5, 0.6) is 11.5 Å². The lowest BCUT2D eigenvalue weighted by atomic mass is 9.99. The zero-order valence-electron chi connectivity index (χ0n) is 14.0. The van der Waals surface area contributed by atoms with Gasteiger partial charge in [-0.05, 0) is 43.0 Å². The summed E-state index contributed by atoms with van der Waals surface area (Å²) in [5, 5.41) is 2.63. The maximum Gasteiger partial charge on any atom is 0.273 e. The van der Waals surface area contributed by atoms with Crippen LogP contribution < -0.4 is 9.47 Å². The van der Waals surface area contributed by atoms with Crippen molar-refractivity contribution in [3.63, 3.8) is 0 Å². The van der Waals surface area contributed by atoms with Crippen molar-refractivity contribution in [1.82, 2.24) is 9.88 Å². The van der Waals surface area contributed by atoms with Gasteiger partial charge < -0.3 is 14.4 Å². The van der Waals surface area contributed by atoms with Gasteiger partial charge in [-0.3, -0.25) is 4.79 Å². The number of piperidine rings is 1. The number of carbonyl (C=O) groups excluding carboxylic acids is 1. The average molecular weight is 346 g/mol. The van der Waals surface area contributed by atoms with E-state index in [0.29, 0.717) is 18.2 Å². The first-order chi connectivity index (χ1) is 11.7. The number of nitrogens with zero attached hydrogens (tertiary/aromatic N) is 2. The number of carbonyl (C=O) groups is 1. The quantitative estimate of drug-likeness (QED) is 0.830. The second kappa shape index (κ2) is 7.66. The van der Waals surface area contributed by atoms with Crippen LogP contribution in [0.4, 0.5) is 0 Å². The van der Waals surface area contributed by atoms with E-state index in [4.69, 9.17) is 9.47 Å². The van der Waals surface area contributed by atoms with Crippen molar-refractivity contribution in [2.75, 3.05) is 20.2 Å². The molecule has 0 atom stereocenters. The van der Waals surface area contributed by atoms with Crippen molar-refractivity contribution in [3.05, 3.63) is 40.3 Å². The number of thiazole rings is 1. The Morgan fingerprint density at radius 3 is 2.58 bits per heavy atom. The number of aromatic nitrogens is 1. The van der Waals surface area contributed by atoms with E-state index in [1.165, 1.54) is 11.3 Å². The van der Waals surface area contributed by atoms with E-state index in [2.05, 4.69) is 11.9 Å². The van der Waals surface area contributed by atoms with Crippen LogP contribution in [0.3, 0.4) is 0 Å². The first-order valence-electron chi connectivity index (χ1n) is 8.16. The largest absolute Gasteiger partial charge is 0.497 e. The highest BCUT2D eigenvalue weighted by molar-refractivity contribution is 7.09. The molecule has 1 aromatic carbocycles. The Morgan fingerprint density at radius 1 is 1.25 bits per heavy atom. The fraction of sp³-hybridized carbons (Fsp3) is 0.444. The van der Waals surface area contributed by atoms with Gasteiger partial charge in [0.25, 0.3) is 5.91 Å². The van der Waals surface area contributed by atoms with Gasteiger partial charge in [0.2, 0.25) is 0 Å². The van der Waals surface area contributed by atoms with Crippen LogP contribution in [-0.4, -0.2) is 36.0 Å². The number of amides is 1. The van der Waals surface area contributed by atoms with E-state index < -0.39 is 0 Å². The van der Waals surface area contributed by atoms with E-state index in [1.54, 1.807) is 7.11 Å². The van der Waals surface area contributed by atoms with Gasteiger partial charge in [-0.25, -0.2) is 4.98 Å². The van der Waals surface area contributed by atoms with Crippen LogP contribution in [0, 0.1) is 5.92 Å². The Labute approximate surface area is 146 Å². The smallest absolute Gasteiger partial charge is 0.273 e. The van der Waals surface area contributed by atoms with Crippen LogP contribution in [0.2, 0.25) is 0 Å². The molecular weight excluding hydrogens is 324 g/mol. The third-order valence-electron chi connectivity index (χ3n) is 4.26. The number of likely N-dealkylation sites (tertiary alicyclic amines) is 1. The fourth-order valence-electron chi connectivity index (χ4n) is 2.67. The molecule has 2 aromatic rings. The summed E-state index contributed by atoms with van der Waals surface area (Å²) in [6.45, 7) is 4.25. The predicted octanol–water partition coefficient (Wildman–Crippen LogP) is 3.60. The van der Waals surface area contributed by atoms with E-state index in [9.17, 15) is 4.79 Å². The molecule has 5 nitrogen and oxygen atoms in total. The van der Waals surface area contributed by atoms with Gasteiger partial charge in [0.05, 0.1) is 7.11 Å². The molecule has 3 rings (SSSR count). The molecule has 0 unspecified atom stereocenters. The molecular formula is C18H22N2O3S. The van der Waals surface area contributed by atoms with E-state index in [-0.39, 0.29) is 5.91 Å². The summed E-state index contributed by atoms with van der Waals surface area (Å²) in [7, 11) is 1.63. The monoisotopic (exact) mass is 346 g/mol. The molecule has 0 radical (unpaired) electrons. The molecule has 0 saturated carbocycles. The summed E-state index contributed by atoms with van der Waals surface area (Å²) in [5.41, 5.74) is 0.530. The summed E-state index contributed by atoms with van der Waals surface area (Å²) < 4.78 is 10.8. The lowest BCUT2D eigenvalue weighted by molar-refractivity contribution is 0.0691. The normalized spacial score (nSPS) is 15.3. The predicted molar refractivity (Wildman–Crippen MR) is 93.7 cm³/mol. The van der Waals surface area contributed by atoms with Gasteiger partial charge in [-0.1, -0.05) is 6.92 Å². The van der Waals surface area contributed by atoms with Crippen molar-refractivity contribution in [1.29, 1.82) is 0 Å². The lowest BCUT2D eigenvalue weighted by Gasteiger charge is -2.29. The number of methoxy groups -OCH3 is 1. The van der Waals surface area contributed by atoms with Gasteiger partial charge >= 0.3 is 0 Å². The first-order valence-corrected chi connectivity index (χ1v) is 9.04. The Balaban J connectivity index is 1.55. The molecule has 0 aliphatic carbocycles. The van der Waals surface area contributed by atoms with Crippen molar-refractivity contribution in [2.24, 2.45) is 5.92 Å². The third kappa shape index (κ3) is 4.06. The van der Waals surface area contributed by atoms with Crippen LogP contribution >= 0.6 is 11.3 Å².